The van der Waals surface area contributed by atoms with Crippen molar-refractivity contribution >= 4 is 34.7 Å². The number of thiazole rings is 1. The van der Waals surface area contributed by atoms with Crippen molar-refractivity contribution in [2.75, 3.05) is 11.5 Å². The highest BCUT2D eigenvalue weighted by Crippen LogP contribution is 2.26. The van der Waals surface area contributed by atoms with Crippen LogP contribution in [0.5, 0.6) is 0 Å². The third-order valence-electron chi connectivity index (χ3n) is 2.53. The van der Waals surface area contributed by atoms with Gasteiger partial charge in [-0.3, -0.25) is 4.98 Å². The molecule has 3 aromatic rings. The lowest BCUT2D eigenvalue weighted by Crippen LogP contribution is -1.99. The molecule has 0 aromatic carbocycles. The number of thioether (sulfide) groups is 1. The van der Waals surface area contributed by atoms with Gasteiger partial charge in [-0.1, -0.05) is 17.8 Å². The van der Waals surface area contributed by atoms with E-state index < -0.39 is 0 Å². The molecule has 4 N–H and O–H groups in total. The first-order valence-electron chi connectivity index (χ1n) is 6.09. The first-order valence-corrected chi connectivity index (χ1v) is 7.96. The second-order valence-electron chi connectivity index (χ2n) is 4.15. The molecular weight excluding hydrogens is 304 g/mol. The molecule has 0 unspecified atom stereocenters. The molecular formula is C13H12N6S2. The van der Waals surface area contributed by atoms with E-state index in [4.69, 9.17) is 11.5 Å². The maximum absolute atomic E-state index is 5.64. The van der Waals surface area contributed by atoms with Gasteiger partial charge in [0.05, 0.1) is 11.4 Å². The van der Waals surface area contributed by atoms with Gasteiger partial charge in [0.1, 0.15) is 16.6 Å². The molecule has 0 saturated heterocycles. The molecule has 0 fully saturated rings. The van der Waals surface area contributed by atoms with Crippen molar-refractivity contribution in [3.63, 3.8) is 0 Å². The molecule has 0 amide bonds. The standard InChI is InChI=1S/C13H12N6S2/c14-10-5-11(15)19-13(18-10)21-7-8-6-20-12(17-8)9-3-1-2-4-16-9/h1-6H,7H2,(H4,14,15,18,19). The third kappa shape index (κ3) is 3.47. The molecule has 0 radical (unpaired) electrons. The van der Waals surface area contributed by atoms with E-state index in [1.807, 2.05) is 23.6 Å². The Hall–Kier alpha value is -2.19. The van der Waals surface area contributed by atoms with Gasteiger partial charge in [0.15, 0.2) is 5.16 Å². The molecule has 0 bridgehead atoms. The summed E-state index contributed by atoms with van der Waals surface area (Å²) in [6.45, 7) is 0. The quantitative estimate of drug-likeness (QED) is 0.562. The SMILES string of the molecule is Nc1cc(N)nc(SCc2csc(-c3ccccn3)n2)n1. The number of anilines is 2. The van der Waals surface area contributed by atoms with Crippen LogP contribution in [0.25, 0.3) is 10.7 Å². The van der Waals surface area contributed by atoms with Crippen molar-refractivity contribution in [1.29, 1.82) is 0 Å². The van der Waals surface area contributed by atoms with Crippen LogP contribution in [0, 0.1) is 0 Å². The van der Waals surface area contributed by atoms with Crippen LogP contribution >= 0.6 is 23.1 Å². The van der Waals surface area contributed by atoms with Gasteiger partial charge < -0.3 is 11.5 Å². The van der Waals surface area contributed by atoms with Gasteiger partial charge in [0.2, 0.25) is 0 Å². The lowest BCUT2D eigenvalue weighted by atomic mass is 10.4. The minimum absolute atomic E-state index is 0.373. The maximum atomic E-state index is 5.64. The Bertz CT molecular complexity index is 723. The van der Waals surface area contributed by atoms with Crippen LogP contribution in [0.3, 0.4) is 0 Å². The molecule has 0 aliphatic heterocycles. The average molecular weight is 316 g/mol. The summed E-state index contributed by atoms with van der Waals surface area (Å²) in [5.41, 5.74) is 13.1. The number of nitrogens with zero attached hydrogens (tertiary/aromatic N) is 4. The Labute approximate surface area is 129 Å². The summed E-state index contributed by atoms with van der Waals surface area (Å²) in [7, 11) is 0. The summed E-state index contributed by atoms with van der Waals surface area (Å²) in [6.07, 6.45) is 1.76. The lowest BCUT2D eigenvalue weighted by molar-refractivity contribution is 0.982. The summed E-state index contributed by atoms with van der Waals surface area (Å²) in [6, 6.07) is 7.31. The van der Waals surface area contributed by atoms with E-state index in [1.165, 1.54) is 17.8 Å². The number of rotatable bonds is 4. The summed E-state index contributed by atoms with van der Waals surface area (Å²) < 4.78 is 0. The van der Waals surface area contributed by atoms with Gasteiger partial charge >= 0.3 is 0 Å². The Kier molecular flexibility index (Phi) is 3.98. The van der Waals surface area contributed by atoms with E-state index in [2.05, 4.69) is 19.9 Å². The smallest absolute Gasteiger partial charge is 0.191 e. The van der Waals surface area contributed by atoms with E-state index in [-0.39, 0.29) is 0 Å². The molecule has 21 heavy (non-hydrogen) atoms. The Morgan fingerprint density at radius 1 is 1.10 bits per heavy atom. The van der Waals surface area contributed by atoms with Crippen LogP contribution in [0.15, 0.2) is 41.0 Å². The summed E-state index contributed by atoms with van der Waals surface area (Å²) >= 11 is 3.02. The van der Waals surface area contributed by atoms with Crippen molar-refractivity contribution in [3.05, 3.63) is 41.5 Å². The molecule has 6 nitrogen and oxygen atoms in total. The molecule has 8 heteroatoms. The predicted molar refractivity (Wildman–Crippen MR) is 85.8 cm³/mol. The summed E-state index contributed by atoms with van der Waals surface area (Å²) in [4.78, 5) is 17.1. The van der Waals surface area contributed by atoms with Gasteiger partial charge in [0, 0.05) is 23.4 Å². The zero-order chi connectivity index (χ0) is 14.7. The Morgan fingerprint density at radius 3 is 2.62 bits per heavy atom. The van der Waals surface area contributed by atoms with Crippen LogP contribution in [0.1, 0.15) is 5.69 Å². The van der Waals surface area contributed by atoms with E-state index in [9.17, 15) is 0 Å². The topological polar surface area (TPSA) is 104 Å². The molecule has 0 spiro atoms. The number of pyridine rings is 1. The van der Waals surface area contributed by atoms with Crippen LogP contribution in [0.4, 0.5) is 11.6 Å². The van der Waals surface area contributed by atoms with Crippen molar-refractivity contribution in [2.45, 2.75) is 10.9 Å². The van der Waals surface area contributed by atoms with Gasteiger partial charge in [0.25, 0.3) is 0 Å². The molecule has 3 heterocycles. The van der Waals surface area contributed by atoms with Crippen molar-refractivity contribution < 1.29 is 0 Å². The number of hydrogen-bond donors (Lipinski definition) is 2. The molecule has 0 saturated carbocycles. The molecule has 0 aliphatic carbocycles. The Morgan fingerprint density at radius 2 is 1.90 bits per heavy atom. The fourth-order valence-electron chi connectivity index (χ4n) is 1.65. The second kappa shape index (κ2) is 6.06. The van der Waals surface area contributed by atoms with Gasteiger partial charge in [-0.2, -0.15) is 0 Å². The number of hydrogen-bond acceptors (Lipinski definition) is 8. The monoisotopic (exact) mass is 316 g/mol. The van der Waals surface area contributed by atoms with E-state index >= 15 is 0 Å². The van der Waals surface area contributed by atoms with E-state index in [1.54, 1.807) is 17.5 Å². The molecule has 106 valence electrons. The van der Waals surface area contributed by atoms with Crippen molar-refractivity contribution in [1.82, 2.24) is 19.9 Å². The minimum Gasteiger partial charge on any atom is -0.383 e. The van der Waals surface area contributed by atoms with Gasteiger partial charge in [-0.25, -0.2) is 15.0 Å². The number of aromatic nitrogens is 4. The highest BCUT2D eigenvalue weighted by Gasteiger charge is 2.07. The summed E-state index contributed by atoms with van der Waals surface area (Å²) in [5.74, 6) is 1.40. The minimum atomic E-state index is 0.373. The van der Waals surface area contributed by atoms with Crippen molar-refractivity contribution in [3.8, 4) is 10.7 Å². The fourth-order valence-corrected chi connectivity index (χ4v) is 3.31. The third-order valence-corrected chi connectivity index (χ3v) is 4.32. The molecule has 0 atom stereocenters. The van der Waals surface area contributed by atoms with Crippen LogP contribution in [-0.4, -0.2) is 19.9 Å². The second-order valence-corrected chi connectivity index (χ2v) is 5.95. The van der Waals surface area contributed by atoms with Gasteiger partial charge in [-0.15, -0.1) is 11.3 Å². The van der Waals surface area contributed by atoms with Crippen molar-refractivity contribution in [2.24, 2.45) is 0 Å². The highest BCUT2D eigenvalue weighted by atomic mass is 32.2. The molecule has 3 rings (SSSR count). The number of nitrogen functional groups attached to an aromatic ring is 2. The largest absolute Gasteiger partial charge is 0.383 e. The van der Waals surface area contributed by atoms with Crippen LogP contribution < -0.4 is 11.5 Å². The van der Waals surface area contributed by atoms with Crippen LogP contribution in [0.2, 0.25) is 0 Å². The van der Waals surface area contributed by atoms with E-state index in [0.29, 0.717) is 22.5 Å². The zero-order valence-corrected chi connectivity index (χ0v) is 12.6. The summed E-state index contributed by atoms with van der Waals surface area (Å²) in [5, 5.41) is 3.46. The highest BCUT2D eigenvalue weighted by molar-refractivity contribution is 7.98. The number of nitrogens with two attached hydrogens (primary N) is 2. The van der Waals surface area contributed by atoms with Crippen LogP contribution in [-0.2, 0) is 5.75 Å². The van der Waals surface area contributed by atoms with Gasteiger partial charge in [-0.05, 0) is 12.1 Å². The predicted octanol–water partition coefficient (Wildman–Crippen LogP) is 2.45. The maximum Gasteiger partial charge on any atom is 0.191 e. The van der Waals surface area contributed by atoms with E-state index in [0.717, 1.165) is 16.4 Å². The fraction of sp³-hybridized carbons (Fsp3) is 0.0769. The first kappa shape index (κ1) is 13.8. The lowest BCUT2D eigenvalue weighted by Gasteiger charge is -2.01. The molecule has 3 aromatic heterocycles. The normalized spacial score (nSPS) is 10.7. The zero-order valence-electron chi connectivity index (χ0n) is 10.9. The first-order chi connectivity index (χ1) is 10.2. The average Bonchev–Trinajstić information content (AvgIpc) is 2.94. The molecule has 0 aliphatic rings. The Balaban J connectivity index is 1.70.